The zero-order valence-corrected chi connectivity index (χ0v) is 8.33. The molecule has 0 aliphatic carbocycles. The maximum absolute atomic E-state index is 11.1. The molecule has 0 spiro atoms. The lowest BCUT2D eigenvalue weighted by Gasteiger charge is -2.08. The predicted octanol–water partition coefficient (Wildman–Crippen LogP) is 0.584. The van der Waals surface area contributed by atoms with E-state index < -0.39 is 6.03 Å². The molecule has 0 aliphatic rings. The molecule has 12 heavy (non-hydrogen) atoms. The fourth-order valence-corrected chi connectivity index (χ4v) is 1.31. The summed E-state index contributed by atoms with van der Waals surface area (Å²) >= 11 is 1.50. The van der Waals surface area contributed by atoms with E-state index in [1.165, 1.54) is 18.8 Å². The van der Waals surface area contributed by atoms with Gasteiger partial charge < -0.3 is 5.32 Å². The standard InChI is InChI=1S/C7H14N2O2S/c1-4-12-5(2)6(10)9-7(11)8-3/h5H,4H2,1-3H3,(H2,8,9,10,11). The Balaban J connectivity index is 3.78. The van der Waals surface area contributed by atoms with Crippen LogP contribution in [0.4, 0.5) is 4.79 Å². The molecule has 0 bridgehead atoms. The van der Waals surface area contributed by atoms with Crippen molar-refractivity contribution in [3.63, 3.8) is 0 Å². The summed E-state index contributed by atoms with van der Waals surface area (Å²) in [6, 6.07) is -0.455. The van der Waals surface area contributed by atoms with Crippen LogP contribution in [0, 0.1) is 0 Å². The van der Waals surface area contributed by atoms with Crippen molar-refractivity contribution >= 4 is 23.7 Å². The van der Waals surface area contributed by atoms with Crippen LogP contribution in [0.1, 0.15) is 13.8 Å². The Morgan fingerprint density at radius 3 is 2.50 bits per heavy atom. The van der Waals surface area contributed by atoms with Gasteiger partial charge in [-0.15, -0.1) is 11.8 Å². The van der Waals surface area contributed by atoms with E-state index in [1.54, 1.807) is 6.92 Å². The second kappa shape index (κ2) is 5.88. The Kier molecular flexibility index (Phi) is 5.53. The highest BCUT2D eigenvalue weighted by Crippen LogP contribution is 2.08. The Hall–Kier alpha value is -0.710. The zero-order valence-electron chi connectivity index (χ0n) is 7.51. The van der Waals surface area contributed by atoms with Crippen molar-refractivity contribution in [2.24, 2.45) is 0 Å². The van der Waals surface area contributed by atoms with Gasteiger partial charge in [0.25, 0.3) is 0 Å². The molecule has 0 radical (unpaired) electrons. The number of rotatable bonds is 3. The van der Waals surface area contributed by atoms with Crippen LogP contribution >= 0.6 is 11.8 Å². The Bertz CT molecular complexity index is 173. The Morgan fingerprint density at radius 1 is 1.50 bits per heavy atom. The van der Waals surface area contributed by atoms with Crippen molar-refractivity contribution in [3.8, 4) is 0 Å². The van der Waals surface area contributed by atoms with Crippen molar-refractivity contribution in [2.75, 3.05) is 12.8 Å². The van der Waals surface area contributed by atoms with Gasteiger partial charge in [-0.25, -0.2) is 4.79 Å². The van der Waals surface area contributed by atoms with Crippen LogP contribution in [-0.4, -0.2) is 30.0 Å². The van der Waals surface area contributed by atoms with Gasteiger partial charge >= 0.3 is 6.03 Å². The molecule has 0 aromatic carbocycles. The van der Waals surface area contributed by atoms with E-state index in [2.05, 4.69) is 10.6 Å². The molecule has 70 valence electrons. The first-order valence-electron chi connectivity index (χ1n) is 3.76. The molecule has 0 aliphatic heterocycles. The van der Waals surface area contributed by atoms with Crippen LogP contribution in [0.3, 0.4) is 0 Å². The van der Waals surface area contributed by atoms with Gasteiger partial charge in [-0.1, -0.05) is 6.92 Å². The number of carbonyl (C=O) groups excluding carboxylic acids is 2. The number of amides is 3. The molecule has 0 saturated heterocycles. The van der Waals surface area contributed by atoms with Gasteiger partial charge in [-0.2, -0.15) is 0 Å². The molecule has 0 fully saturated rings. The number of urea groups is 1. The second-order valence-corrected chi connectivity index (χ2v) is 3.78. The maximum atomic E-state index is 11.1. The summed E-state index contributed by atoms with van der Waals surface area (Å²) in [5.74, 6) is 0.615. The quantitative estimate of drug-likeness (QED) is 0.684. The first-order valence-corrected chi connectivity index (χ1v) is 4.80. The smallest absolute Gasteiger partial charge is 0.321 e. The maximum Gasteiger partial charge on any atom is 0.321 e. The minimum Gasteiger partial charge on any atom is -0.341 e. The fourth-order valence-electron chi connectivity index (χ4n) is 0.602. The van der Waals surface area contributed by atoms with Gasteiger partial charge in [-0.3, -0.25) is 10.1 Å². The molecule has 3 amide bonds. The molecular formula is C7H14N2O2S. The average molecular weight is 190 g/mol. The van der Waals surface area contributed by atoms with E-state index in [9.17, 15) is 9.59 Å². The molecule has 5 heteroatoms. The monoisotopic (exact) mass is 190 g/mol. The summed E-state index contributed by atoms with van der Waals surface area (Å²) in [7, 11) is 1.47. The highest BCUT2D eigenvalue weighted by Gasteiger charge is 2.13. The van der Waals surface area contributed by atoms with Crippen LogP contribution in [0.15, 0.2) is 0 Å². The molecule has 0 heterocycles. The van der Waals surface area contributed by atoms with E-state index >= 15 is 0 Å². The van der Waals surface area contributed by atoms with Crippen molar-refractivity contribution in [3.05, 3.63) is 0 Å². The van der Waals surface area contributed by atoms with Crippen molar-refractivity contribution in [2.45, 2.75) is 19.1 Å². The van der Waals surface area contributed by atoms with Crippen LogP contribution in [-0.2, 0) is 4.79 Å². The van der Waals surface area contributed by atoms with Crippen molar-refractivity contribution in [1.29, 1.82) is 0 Å². The predicted molar refractivity (Wildman–Crippen MR) is 50.2 cm³/mol. The number of hydrogen-bond acceptors (Lipinski definition) is 3. The zero-order chi connectivity index (χ0) is 9.56. The molecule has 0 aromatic rings. The molecule has 4 nitrogen and oxygen atoms in total. The molecule has 0 rings (SSSR count). The fraction of sp³-hybridized carbons (Fsp3) is 0.714. The number of thioether (sulfide) groups is 1. The van der Waals surface area contributed by atoms with Gasteiger partial charge in [0.05, 0.1) is 5.25 Å². The Labute approximate surface area is 76.5 Å². The van der Waals surface area contributed by atoms with Gasteiger partial charge in [0, 0.05) is 7.05 Å². The van der Waals surface area contributed by atoms with E-state index in [0.717, 1.165) is 5.75 Å². The summed E-state index contributed by atoms with van der Waals surface area (Å²) in [6.45, 7) is 3.74. The first-order chi connectivity index (χ1) is 5.61. The van der Waals surface area contributed by atoms with Crippen LogP contribution < -0.4 is 10.6 Å². The summed E-state index contributed by atoms with van der Waals surface area (Å²) in [5, 5.41) is 4.34. The lowest BCUT2D eigenvalue weighted by atomic mass is 10.4. The van der Waals surface area contributed by atoms with Gasteiger partial charge in [0.15, 0.2) is 0 Å². The average Bonchev–Trinajstić information content (AvgIpc) is 2.04. The minimum absolute atomic E-state index is 0.174. The lowest BCUT2D eigenvalue weighted by Crippen LogP contribution is -2.41. The van der Waals surface area contributed by atoms with Crippen LogP contribution in [0.2, 0.25) is 0 Å². The number of nitrogens with one attached hydrogen (secondary N) is 2. The van der Waals surface area contributed by atoms with Crippen molar-refractivity contribution in [1.82, 2.24) is 10.6 Å². The molecule has 2 N–H and O–H groups in total. The lowest BCUT2D eigenvalue weighted by molar-refractivity contribution is -0.119. The summed E-state index contributed by atoms with van der Waals surface area (Å²) in [6.07, 6.45) is 0. The minimum atomic E-state index is -0.455. The summed E-state index contributed by atoms with van der Waals surface area (Å²) < 4.78 is 0. The third-order valence-corrected chi connectivity index (χ3v) is 2.30. The highest BCUT2D eigenvalue weighted by molar-refractivity contribution is 8.00. The molecule has 1 atom stereocenters. The first kappa shape index (κ1) is 11.3. The van der Waals surface area contributed by atoms with E-state index in [1.807, 2.05) is 6.92 Å². The molecular weight excluding hydrogens is 176 g/mol. The van der Waals surface area contributed by atoms with E-state index in [4.69, 9.17) is 0 Å². The van der Waals surface area contributed by atoms with Gasteiger partial charge in [0.1, 0.15) is 0 Å². The number of carbonyl (C=O) groups is 2. The van der Waals surface area contributed by atoms with Gasteiger partial charge in [0.2, 0.25) is 5.91 Å². The van der Waals surface area contributed by atoms with Crippen LogP contribution in [0.5, 0.6) is 0 Å². The third kappa shape index (κ3) is 4.23. The largest absolute Gasteiger partial charge is 0.341 e. The van der Waals surface area contributed by atoms with Crippen molar-refractivity contribution < 1.29 is 9.59 Å². The number of hydrogen-bond donors (Lipinski definition) is 2. The SMILES string of the molecule is CCSC(C)C(=O)NC(=O)NC. The number of imide groups is 1. The molecule has 0 aromatic heterocycles. The third-order valence-electron chi connectivity index (χ3n) is 1.25. The molecule has 1 unspecified atom stereocenters. The topological polar surface area (TPSA) is 58.2 Å². The van der Waals surface area contributed by atoms with Gasteiger partial charge in [-0.05, 0) is 12.7 Å². The summed E-state index contributed by atoms with van der Waals surface area (Å²) in [5.41, 5.74) is 0. The van der Waals surface area contributed by atoms with E-state index in [-0.39, 0.29) is 11.2 Å². The molecule has 0 saturated carbocycles. The summed E-state index contributed by atoms with van der Waals surface area (Å²) in [4.78, 5) is 21.8. The second-order valence-electron chi connectivity index (χ2n) is 2.17. The Morgan fingerprint density at radius 2 is 2.08 bits per heavy atom. The highest BCUT2D eigenvalue weighted by atomic mass is 32.2. The van der Waals surface area contributed by atoms with Crippen LogP contribution in [0.25, 0.3) is 0 Å². The van der Waals surface area contributed by atoms with E-state index in [0.29, 0.717) is 0 Å². The normalized spacial score (nSPS) is 11.9.